The Kier molecular flexibility index (Phi) is 5.05. The summed E-state index contributed by atoms with van der Waals surface area (Å²) in [6.07, 6.45) is 0.649. The average Bonchev–Trinajstić information content (AvgIpc) is 3.19. The van der Waals surface area contributed by atoms with Gasteiger partial charge in [0, 0.05) is 18.5 Å². The molecule has 1 aliphatic rings. The van der Waals surface area contributed by atoms with Gasteiger partial charge in [0.1, 0.15) is 10.3 Å². The van der Waals surface area contributed by atoms with Crippen LogP contribution in [0.5, 0.6) is 0 Å². The van der Waals surface area contributed by atoms with E-state index in [1.54, 1.807) is 11.3 Å². The summed E-state index contributed by atoms with van der Waals surface area (Å²) in [7, 11) is 0. The number of nitrogens with one attached hydrogen (secondary N) is 1. The molecule has 0 aliphatic carbocycles. The van der Waals surface area contributed by atoms with Crippen molar-refractivity contribution in [3.63, 3.8) is 0 Å². The molecule has 7 heteroatoms. The normalized spacial score (nSPS) is 16.6. The molecule has 2 aromatic carbocycles. The van der Waals surface area contributed by atoms with Gasteiger partial charge >= 0.3 is 0 Å². The smallest absolute Gasteiger partial charge is 0.260 e. The number of para-hydroxylation sites is 2. The van der Waals surface area contributed by atoms with Crippen LogP contribution >= 0.6 is 23.1 Å². The third-order valence-corrected chi connectivity index (χ3v) is 6.42. The summed E-state index contributed by atoms with van der Waals surface area (Å²) >= 11 is 2.98. The molecule has 1 aliphatic heterocycles. The Morgan fingerprint density at radius 2 is 1.93 bits per heavy atom. The van der Waals surface area contributed by atoms with E-state index in [1.807, 2.05) is 55.5 Å². The second kappa shape index (κ2) is 7.62. The van der Waals surface area contributed by atoms with Crippen LogP contribution in [0.1, 0.15) is 17.0 Å². The van der Waals surface area contributed by atoms with Gasteiger partial charge < -0.3 is 5.32 Å². The number of nitrogens with zero attached hydrogens (tertiary/aromatic N) is 2. The number of fused-ring (bicyclic) bond motifs is 1. The Balaban J connectivity index is 1.37. The molecule has 136 valence electrons. The van der Waals surface area contributed by atoms with Gasteiger partial charge in [-0.3, -0.25) is 9.59 Å². The molecule has 0 saturated carbocycles. The highest BCUT2D eigenvalue weighted by atomic mass is 32.2. The first-order valence-electron chi connectivity index (χ1n) is 8.56. The summed E-state index contributed by atoms with van der Waals surface area (Å²) in [4.78, 5) is 33.2. The van der Waals surface area contributed by atoms with Gasteiger partial charge in [0.25, 0.3) is 5.91 Å². The molecule has 1 N–H and O–H groups in total. The number of carbonyl (C=O) groups is 2. The zero-order chi connectivity index (χ0) is 18.8. The SMILES string of the molecule is Cc1ccccc1NC(=O)C[C@H]1SC(Cc2nc3ccccc3s2)=NC1=O. The Morgan fingerprint density at radius 1 is 1.15 bits per heavy atom. The fraction of sp³-hybridized carbons (Fsp3) is 0.200. The summed E-state index contributed by atoms with van der Waals surface area (Å²) in [5.41, 5.74) is 2.72. The van der Waals surface area contributed by atoms with Crippen LogP contribution in [-0.2, 0) is 16.0 Å². The molecule has 3 aromatic rings. The van der Waals surface area contributed by atoms with E-state index >= 15 is 0 Å². The number of aryl methyl sites for hydroxylation is 1. The summed E-state index contributed by atoms with van der Waals surface area (Å²) < 4.78 is 1.12. The standard InChI is InChI=1S/C20H17N3O2S2/c1-12-6-2-3-7-13(12)21-17(24)10-16-20(25)23-19(27-16)11-18-22-14-8-4-5-9-15(14)26-18/h2-9,16H,10-11H2,1H3,(H,21,24)/t16-/m1/s1. The van der Waals surface area contributed by atoms with E-state index in [1.165, 1.54) is 11.8 Å². The van der Waals surface area contributed by atoms with E-state index in [4.69, 9.17) is 0 Å². The van der Waals surface area contributed by atoms with Crippen molar-refractivity contribution in [1.29, 1.82) is 0 Å². The minimum atomic E-state index is -0.460. The summed E-state index contributed by atoms with van der Waals surface area (Å²) in [6, 6.07) is 15.5. The highest BCUT2D eigenvalue weighted by Crippen LogP contribution is 2.30. The number of aromatic nitrogens is 1. The van der Waals surface area contributed by atoms with Gasteiger partial charge in [0.2, 0.25) is 5.91 Å². The number of amides is 2. The van der Waals surface area contributed by atoms with E-state index in [0.717, 1.165) is 31.5 Å². The number of rotatable bonds is 5. The van der Waals surface area contributed by atoms with Crippen molar-refractivity contribution in [2.75, 3.05) is 5.32 Å². The highest BCUT2D eigenvalue weighted by Gasteiger charge is 2.30. The third-order valence-electron chi connectivity index (χ3n) is 4.22. The van der Waals surface area contributed by atoms with Crippen LogP contribution in [0, 0.1) is 6.92 Å². The topological polar surface area (TPSA) is 71.4 Å². The van der Waals surface area contributed by atoms with E-state index < -0.39 is 5.25 Å². The molecule has 0 saturated heterocycles. The van der Waals surface area contributed by atoms with Crippen molar-refractivity contribution in [2.45, 2.75) is 25.0 Å². The summed E-state index contributed by atoms with van der Waals surface area (Å²) in [5.74, 6) is -0.414. The maximum atomic E-state index is 12.3. The molecule has 0 bridgehead atoms. The number of anilines is 1. The van der Waals surface area contributed by atoms with Gasteiger partial charge in [0.05, 0.1) is 15.3 Å². The molecule has 0 spiro atoms. The Morgan fingerprint density at radius 3 is 2.74 bits per heavy atom. The van der Waals surface area contributed by atoms with Crippen LogP contribution in [0.15, 0.2) is 53.5 Å². The predicted molar refractivity (Wildman–Crippen MR) is 112 cm³/mol. The van der Waals surface area contributed by atoms with Crippen molar-refractivity contribution in [1.82, 2.24) is 4.98 Å². The molecule has 27 heavy (non-hydrogen) atoms. The predicted octanol–water partition coefficient (Wildman–Crippen LogP) is 4.22. The maximum Gasteiger partial charge on any atom is 0.260 e. The molecular formula is C20H17N3O2S2. The highest BCUT2D eigenvalue weighted by molar-refractivity contribution is 8.15. The van der Waals surface area contributed by atoms with Gasteiger partial charge in [-0.25, -0.2) is 9.98 Å². The molecule has 1 atom stereocenters. The minimum absolute atomic E-state index is 0.116. The fourth-order valence-electron chi connectivity index (χ4n) is 2.85. The van der Waals surface area contributed by atoms with Gasteiger partial charge in [-0.15, -0.1) is 11.3 Å². The second-order valence-corrected chi connectivity index (χ2v) is 8.66. The van der Waals surface area contributed by atoms with Crippen molar-refractivity contribution in [3.05, 3.63) is 59.1 Å². The molecule has 0 fully saturated rings. The number of benzene rings is 2. The molecular weight excluding hydrogens is 378 g/mol. The molecule has 4 rings (SSSR count). The summed E-state index contributed by atoms with van der Waals surface area (Å²) in [6.45, 7) is 1.93. The van der Waals surface area contributed by atoms with Gasteiger partial charge in [-0.05, 0) is 30.7 Å². The van der Waals surface area contributed by atoms with Crippen LogP contribution in [0.2, 0.25) is 0 Å². The first-order chi connectivity index (χ1) is 13.1. The Bertz CT molecular complexity index is 1030. The average molecular weight is 396 g/mol. The van der Waals surface area contributed by atoms with E-state index in [9.17, 15) is 9.59 Å². The van der Waals surface area contributed by atoms with Crippen LogP contribution in [0.25, 0.3) is 10.2 Å². The number of thioether (sulfide) groups is 1. The van der Waals surface area contributed by atoms with E-state index in [2.05, 4.69) is 15.3 Å². The number of carbonyl (C=O) groups excluding carboxylic acids is 2. The first kappa shape index (κ1) is 17.9. The lowest BCUT2D eigenvalue weighted by Gasteiger charge is -2.10. The van der Waals surface area contributed by atoms with Gasteiger partial charge in [0.15, 0.2) is 0 Å². The number of hydrogen-bond donors (Lipinski definition) is 1. The van der Waals surface area contributed by atoms with Crippen LogP contribution in [0.3, 0.4) is 0 Å². The zero-order valence-electron chi connectivity index (χ0n) is 14.6. The quantitative estimate of drug-likeness (QED) is 0.702. The minimum Gasteiger partial charge on any atom is -0.326 e. The maximum absolute atomic E-state index is 12.3. The second-order valence-electron chi connectivity index (χ2n) is 6.27. The Hall–Kier alpha value is -2.51. The molecule has 1 aromatic heterocycles. The van der Waals surface area contributed by atoms with Crippen LogP contribution < -0.4 is 5.32 Å². The Labute approximate surface area is 164 Å². The lowest BCUT2D eigenvalue weighted by Crippen LogP contribution is -2.21. The monoisotopic (exact) mass is 395 g/mol. The van der Waals surface area contributed by atoms with Crippen LogP contribution in [0.4, 0.5) is 5.69 Å². The molecule has 2 amide bonds. The lowest BCUT2D eigenvalue weighted by molar-refractivity contribution is -0.121. The molecule has 0 unspecified atom stereocenters. The molecule has 0 radical (unpaired) electrons. The number of thiazole rings is 1. The third kappa shape index (κ3) is 4.09. The van der Waals surface area contributed by atoms with Gasteiger partial charge in [-0.1, -0.05) is 42.1 Å². The largest absolute Gasteiger partial charge is 0.326 e. The lowest BCUT2D eigenvalue weighted by atomic mass is 10.2. The first-order valence-corrected chi connectivity index (χ1v) is 10.3. The van der Waals surface area contributed by atoms with Crippen molar-refractivity contribution in [2.24, 2.45) is 4.99 Å². The van der Waals surface area contributed by atoms with E-state index in [0.29, 0.717) is 6.42 Å². The summed E-state index contributed by atoms with van der Waals surface area (Å²) in [5, 5.41) is 4.07. The number of hydrogen-bond acceptors (Lipinski definition) is 5. The molecule has 5 nitrogen and oxygen atoms in total. The fourth-order valence-corrected chi connectivity index (χ4v) is 5.00. The van der Waals surface area contributed by atoms with Crippen molar-refractivity contribution < 1.29 is 9.59 Å². The molecule has 2 heterocycles. The van der Waals surface area contributed by atoms with Gasteiger partial charge in [-0.2, -0.15) is 0 Å². The number of aliphatic imine (C=N–C) groups is 1. The zero-order valence-corrected chi connectivity index (χ0v) is 16.3. The van der Waals surface area contributed by atoms with Crippen molar-refractivity contribution in [3.8, 4) is 0 Å². The van der Waals surface area contributed by atoms with Crippen molar-refractivity contribution >= 4 is 55.9 Å². The van der Waals surface area contributed by atoms with Crippen LogP contribution in [-0.4, -0.2) is 27.1 Å². The van der Waals surface area contributed by atoms with E-state index in [-0.39, 0.29) is 18.2 Å².